The summed E-state index contributed by atoms with van der Waals surface area (Å²) >= 11 is 1.50. The molecule has 0 heterocycles. The van der Waals surface area contributed by atoms with Gasteiger partial charge in [0.05, 0.1) is 12.2 Å². The molecule has 0 aromatic heterocycles. The maximum absolute atomic E-state index is 11.9. The Kier molecular flexibility index (Phi) is 5.28. The van der Waals surface area contributed by atoms with Crippen molar-refractivity contribution in [1.82, 2.24) is 5.32 Å². The molecular formula is C16H21NO3S. The molecule has 0 aliphatic heterocycles. The van der Waals surface area contributed by atoms with Gasteiger partial charge in [0.2, 0.25) is 5.91 Å². The van der Waals surface area contributed by atoms with Gasteiger partial charge < -0.3 is 10.4 Å². The van der Waals surface area contributed by atoms with Crippen LogP contribution in [0.2, 0.25) is 0 Å². The number of aliphatic carboxylic acids is 1. The Morgan fingerprint density at radius 1 is 1.29 bits per heavy atom. The Hall–Kier alpha value is -1.49. The molecule has 0 radical (unpaired) electrons. The van der Waals surface area contributed by atoms with Crippen molar-refractivity contribution >= 4 is 23.6 Å². The van der Waals surface area contributed by atoms with Gasteiger partial charge in [-0.25, -0.2) is 0 Å². The van der Waals surface area contributed by atoms with Crippen LogP contribution in [0.3, 0.4) is 0 Å². The Balaban J connectivity index is 1.74. The number of aryl methyl sites for hydroxylation is 1. The Bertz CT molecular complexity index is 509. The number of hydrogen-bond donors (Lipinski definition) is 2. The number of carboxylic acids is 1. The van der Waals surface area contributed by atoms with Crippen molar-refractivity contribution in [2.75, 3.05) is 12.3 Å². The van der Waals surface area contributed by atoms with Crippen molar-refractivity contribution in [1.29, 1.82) is 0 Å². The second-order valence-corrected chi connectivity index (χ2v) is 6.85. The first-order valence-corrected chi connectivity index (χ1v) is 8.16. The van der Waals surface area contributed by atoms with E-state index < -0.39 is 5.97 Å². The van der Waals surface area contributed by atoms with Gasteiger partial charge in [0.25, 0.3) is 0 Å². The average molecular weight is 307 g/mol. The lowest BCUT2D eigenvalue weighted by Crippen LogP contribution is -2.44. The quantitative estimate of drug-likeness (QED) is 0.760. The number of amides is 1. The summed E-state index contributed by atoms with van der Waals surface area (Å²) in [4.78, 5) is 23.8. The lowest BCUT2D eigenvalue weighted by Gasteiger charge is -2.40. The van der Waals surface area contributed by atoms with Crippen molar-refractivity contribution in [2.24, 2.45) is 5.41 Å². The van der Waals surface area contributed by atoms with Crippen LogP contribution >= 0.6 is 11.8 Å². The minimum atomic E-state index is -0.780. The van der Waals surface area contributed by atoms with Gasteiger partial charge >= 0.3 is 5.97 Å². The largest absolute Gasteiger partial charge is 0.481 e. The fourth-order valence-electron chi connectivity index (χ4n) is 2.53. The molecule has 1 amide bonds. The summed E-state index contributed by atoms with van der Waals surface area (Å²) in [7, 11) is 0. The third-order valence-electron chi connectivity index (χ3n) is 3.99. The maximum Gasteiger partial charge on any atom is 0.303 e. The van der Waals surface area contributed by atoms with Crippen LogP contribution in [-0.2, 0) is 9.59 Å². The standard InChI is InChI=1S/C16H21NO3S/c1-12-3-5-13(6-4-12)21-10-14(18)17-11-16(7-2-8-16)9-15(19)20/h3-6H,2,7-11H2,1H3,(H,17,18)(H,19,20). The zero-order valence-corrected chi connectivity index (χ0v) is 13.0. The number of carbonyl (C=O) groups excluding carboxylic acids is 1. The minimum Gasteiger partial charge on any atom is -0.481 e. The summed E-state index contributed by atoms with van der Waals surface area (Å²) < 4.78 is 0. The Morgan fingerprint density at radius 3 is 2.48 bits per heavy atom. The number of rotatable bonds is 7. The first-order valence-electron chi connectivity index (χ1n) is 7.17. The van der Waals surface area contributed by atoms with Crippen molar-refractivity contribution in [2.45, 2.75) is 37.5 Å². The van der Waals surface area contributed by atoms with Gasteiger partial charge in [0.15, 0.2) is 0 Å². The summed E-state index contributed by atoms with van der Waals surface area (Å²) in [5.41, 5.74) is 0.986. The molecule has 0 unspecified atom stereocenters. The number of benzene rings is 1. The van der Waals surface area contributed by atoms with E-state index in [4.69, 9.17) is 5.11 Å². The molecule has 1 aliphatic carbocycles. The summed E-state index contributed by atoms with van der Waals surface area (Å²) in [6.45, 7) is 2.51. The zero-order chi connectivity index (χ0) is 15.3. The minimum absolute atomic E-state index is 0.0303. The summed E-state index contributed by atoms with van der Waals surface area (Å²) in [6, 6.07) is 8.06. The van der Waals surface area contributed by atoms with Crippen LogP contribution in [0.4, 0.5) is 0 Å². The highest BCUT2D eigenvalue weighted by Gasteiger charge is 2.39. The highest BCUT2D eigenvalue weighted by atomic mass is 32.2. The number of thioether (sulfide) groups is 1. The van der Waals surface area contributed by atoms with Gasteiger partial charge in [-0.2, -0.15) is 0 Å². The van der Waals surface area contributed by atoms with Gasteiger partial charge in [-0.05, 0) is 37.3 Å². The van der Waals surface area contributed by atoms with Crippen LogP contribution in [0, 0.1) is 12.3 Å². The zero-order valence-electron chi connectivity index (χ0n) is 12.2. The predicted molar refractivity (Wildman–Crippen MR) is 83.4 cm³/mol. The van der Waals surface area contributed by atoms with E-state index in [1.165, 1.54) is 17.3 Å². The maximum atomic E-state index is 11.9. The van der Waals surface area contributed by atoms with E-state index in [1.54, 1.807) is 0 Å². The summed E-state index contributed by atoms with van der Waals surface area (Å²) in [5.74, 6) is -0.443. The smallest absolute Gasteiger partial charge is 0.303 e. The van der Waals surface area contributed by atoms with E-state index in [9.17, 15) is 9.59 Å². The molecule has 1 saturated carbocycles. The lowest BCUT2D eigenvalue weighted by molar-refractivity contribution is -0.141. The van der Waals surface area contributed by atoms with Gasteiger partial charge in [-0.1, -0.05) is 24.1 Å². The number of nitrogens with one attached hydrogen (secondary N) is 1. The molecular weight excluding hydrogens is 286 g/mol. The second-order valence-electron chi connectivity index (χ2n) is 5.80. The number of carbonyl (C=O) groups is 2. The SMILES string of the molecule is Cc1ccc(SCC(=O)NCC2(CC(=O)O)CCC2)cc1. The van der Waals surface area contributed by atoms with E-state index in [-0.39, 0.29) is 17.7 Å². The molecule has 4 nitrogen and oxygen atoms in total. The second kappa shape index (κ2) is 6.98. The van der Waals surface area contributed by atoms with Crippen LogP contribution < -0.4 is 5.32 Å². The molecule has 1 aromatic rings. The van der Waals surface area contributed by atoms with E-state index in [0.717, 1.165) is 24.2 Å². The van der Waals surface area contributed by atoms with Crippen molar-refractivity contribution in [3.8, 4) is 0 Å². The van der Waals surface area contributed by atoms with Crippen LogP contribution in [0.15, 0.2) is 29.2 Å². The van der Waals surface area contributed by atoms with Crippen LogP contribution in [0.25, 0.3) is 0 Å². The fraction of sp³-hybridized carbons (Fsp3) is 0.500. The van der Waals surface area contributed by atoms with E-state index in [1.807, 2.05) is 31.2 Å². The van der Waals surface area contributed by atoms with Gasteiger partial charge in [-0.3, -0.25) is 9.59 Å². The van der Waals surface area contributed by atoms with Crippen LogP contribution in [0.1, 0.15) is 31.2 Å². The molecule has 0 bridgehead atoms. The highest BCUT2D eigenvalue weighted by molar-refractivity contribution is 8.00. The van der Waals surface area contributed by atoms with Crippen molar-refractivity contribution < 1.29 is 14.7 Å². The van der Waals surface area contributed by atoms with Crippen LogP contribution in [-0.4, -0.2) is 29.3 Å². The van der Waals surface area contributed by atoms with Gasteiger partial charge in [0.1, 0.15) is 0 Å². The van der Waals surface area contributed by atoms with Gasteiger partial charge in [0, 0.05) is 11.4 Å². The van der Waals surface area contributed by atoms with E-state index in [0.29, 0.717) is 12.3 Å². The molecule has 1 aromatic carbocycles. The predicted octanol–water partition coefficient (Wildman–Crippen LogP) is 2.85. The molecule has 5 heteroatoms. The molecule has 114 valence electrons. The van der Waals surface area contributed by atoms with Gasteiger partial charge in [-0.15, -0.1) is 11.8 Å². The third kappa shape index (κ3) is 4.77. The first-order chi connectivity index (χ1) is 9.99. The van der Waals surface area contributed by atoms with Crippen LogP contribution in [0.5, 0.6) is 0 Å². The summed E-state index contributed by atoms with van der Waals surface area (Å²) in [6.07, 6.45) is 3.00. The molecule has 1 aliphatic rings. The molecule has 0 spiro atoms. The number of carboxylic acid groups (broad SMARTS) is 1. The topological polar surface area (TPSA) is 66.4 Å². The van der Waals surface area contributed by atoms with Crippen molar-refractivity contribution in [3.63, 3.8) is 0 Å². The highest BCUT2D eigenvalue weighted by Crippen LogP contribution is 2.43. The monoisotopic (exact) mass is 307 g/mol. The fourth-order valence-corrected chi connectivity index (χ4v) is 3.26. The third-order valence-corrected chi connectivity index (χ3v) is 5.00. The lowest BCUT2D eigenvalue weighted by atomic mass is 9.66. The normalized spacial score (nSPS) is 16.0. The molecule has 1 fully saturated rings. The Morgan fingerprint density at radius 2 is 1.95 bits per heavy atom. The number of hydrogen-bond acceptors (Lipinski definition) is 3. The molecule has 0 saturated heterocycles. The molecule has 2 N–H and O–H groups in total. The molecule has 21 heavy (non-hydrogen) atoms. The first kappa shape index (κ1) is 15.9. The van der Waals surface area contributed by atoms with E-state index >= 15 is 0 Å². The van der Waals surface area contributed by atoms with Crippen molar-refractivity contribution in [3.05, 3.63) is 29.8 Å². The van der Waals surface area contributed by atoms with E-state index in [2.05, 4.69) is 5.32 Å². The molecule has 0 atom stereocenters. The summed E-state index contributed by atoms with van der Waals surface area (Å²) in [5, 5.41) is 11.8. The average Bonchev–Trinajstić information content (AvgIpc) is 2.40. The Labute approximate surface area is 129 Å². The molecule has 2 rings (SSSR count).